The standard InChI is InChI=1S/C10H8BrN5/c1-5-7(4-13-16-5)9-14-8-2-6(11)3-12-10(8)15-9/h2-4H,1H3,(H,13,16)(H,12,14,15). The first-order valence-electron chi connectivity index (χ1n) is 4.75. The van der Waals surface area contributed by atoms with E-state index in [4.69, 9.17) is 0 Å². The van der Waals surface area contributed by atoms with Crippen LogP contribution in [0.4, 0.5) is 0 Å². The molecule has 5 nitrogen and oxygen atoms in total. The van der Waals surface area contributed by atoms with E-state index in [1.165, 1.54) is 0 Å². The van der Waals surface area contributed by atoms with Crippen LogP contribution in [-0.4, -0.2) is 25.1 Å². The highest BCUT2D eigenvalue weighted by Gasteiger charge is 2.09. The second-order valence-electron chi connectivity index (χ2n) is 3.52. The van der Waals surface area contributed by atoms with Crippen molar-refractivity contribution in [1.82, 2.24) is 25.1 Å². The molecule has 0 atom stereocenters. The van der Waals surface area contributed by atoms with E-state index in [2.05, 4.69) is 41.1 Å². The van der Waals surface area contributed by atoms with Crippen LogP contribution >= 0.6 is 15.9 Å². The molecular formula is C10H8BrN5. The Hall–Kier alpha value is -1.69. The smallest absolute Gasteiger partial charge is 0.178 e. The summed E-state index contributed by atoms with van der Waals surface area (Å²) in [6, 6.07) is 1.95. The summed E-state index contributed by atoms with van der Waals surface area (Å²) < 4.78 is 0.930. The van der Waals surface area contributed by atoms with E-state index in [0.717, 1.165) is 27.1 Å². The second-order valence-corrected chi connectivity index (χ2v) is 4.43. The highest BCUT2D eigenvalue weighted by molar-refractivity contribution is 9.10. The molecule has 0 aromatic carbocycles. The molecule has 2 N–H and O–H groups in total. The Labute approximate surface area is 99.4 Å². The Bertz CT molecular complexity index is 654. The van der Waals surface area contributed by atoms with E-state index in [0.29, 0.717) is 5.65 Å². The minimum atomic E-state index is 0.707. The van der Waals surface area contributed by atoms with Crippen LogP contribution in [0.15, 0.2) is 22.9 Å². The molecule has 0 fully saturated rings. The summed E-state index contributed by atoms with van der Waals surface area (Å²) in [5.41, 5.74) is 3.57. The van der Waals surface area contributed by atoms with Crippen LogP contribution in [0, 0.1) is 6.92 Å². The molecule has 80 valence electrons. The summed E-state index contributed by atoms with van der Waals surface area (Å²) >= 11 is 3.38. The maximum atomic E-state index is 4.41. The SMILES string of the molecule is Cc1[nH]ncc1-c1nc2ncc(Br)cc2[nH]1. The lowest BCUT2D eigenvalue weighted by Crippen LogP contribution is -1.80. The van der Waals surface area contributed by atoms with Crippen molar-refractivity contribution in [3.8, 4) is 11.4 Å². The topological polar surface area (TPSA) is 70.2 Å². The largest absolute Gasteiger partial charge is 0.336 e. The molecule has 0 spiro atoms. The van der Waals surface area contributed by atoms with Crippen molar-refractivity contribution in [2.45, 2.75) is 6.92 Å². The van der Waals surface area contributed by atoms with Crippen molar-refractivity contribution in [2.75, 3.05) is 0 Å². The number of halogens is 1. The number of aromatic amines is 2. The fourth-order valence-electron chi connectivity index (χ4n) is 1.59. The molecule has 3 aromatic heterocycles. The van der Waals surface area contributed by atoms with Gasteiger partial charge < -0.3 is 4.98 Å². The van der Waals surface area contributed by atoms with Crippen molar-refractivity contribution < 1.29 is 0 Å². The fourth-order valence-corrected chi connectivity index (χ4v) is 1.92. The quantitative estimate of drug-likeness (QED) is 0.718. The summed E-state index contributed by atoms with van der Waals surface area (Å²) in [7, 11) is 0. The van der Waals surface area contributed by atoms with E-state index < -0.39 is 0 Å². The van der Waals surface area contributed by atoms with Gasteiger partial charge in [0.05, 0.1) is 17.3 Å². The van der Waals surface area contributed by atoms with E-state index in [1.54, 1.807) is 12.4 Å². The van der Waals surface area contributed by atoms with E-state index in [9.17, 15) is 0 Å². The van der Waals surface area contributed by atoms with Crippen LogP contribution in [0.2, 0.25) is 0 Å². The molecule has 0 unspecified atom stereocenters. The average molecular weight is 278 g/mol. The zero-order chi connectivity index (χ0) is 11.1. The van der Waals surface area contributed by atoms with Crippen LogP contribution in [-0.2, 0) is 0 Å². The molecule has 16 heavy (non-hydrogen) atoms. The molecular weight excluding hydrogens is 270 g/mol. The number of fused-ring (bicyclic) bond motifs is 1. The third-order valence-corrected chi connectivity index (χ3v) is 2.82. The second kappa shape index (κ2) is 3.41. The Morgan fingerprint density at radius 3 is 2.94 bits per heavy atom. The molecule has 6 heteroatoms. The van der Waals surface area contributed by atoms with E-state index in [1.807, 2.05) is 13.0 Å². The molecule has 0 radical (unpaired) electrons. The van der Waals surface area contributed by atoms with Crippen molar-refractivity contribution in [3.05, 3.63) is 28.6 Å². The number of imidazole rings is 1. The summed E-state index contributed by atoms with van der Waals surface area (Å²) in [6.07, 6.45) is 3.48. The Kier molecular flexibility index (Phi) is 2.03. The Morgan fingerprint density at radius 2 is 2.19 bits per heavy atom. The molecule has 0 aliphatic rings. The van der Waals surface area contributed by atoms with E-state index in [-0.39, 0.29) is 0 Å². The van der Waals surface area contributed by atoms with Crippen LogP contribution < -0.4 is 0 Å². The summed E-state index contributed by atoms with van der Waals surface area (Å²) in [6.45, 7) is 1.96. The number of H-pyrrole nitrogens is 2. The van der Waals surface area contributed by atoms with Gasteiger partial charge in [-0.1, -0.05) is 0 Å². The van der Waals surface area contributed by atoms with E-state index >= 15 is 0 Å². The van der Waals surface area contributed by atoms with Gasteiger partial charge in [0.1, 0.15) is 5.82 Å². The number of rotatable bonds is 1. The minimum Gasteiger partial charge on any atom is -0.336 e. The number of aryl methyl sites for hydroxylation is 1. The number of nitrogens with zero attached hydrogens (tertiary/aromatic N) is 3. The van der Waals surface area contributed by atoms with Crippen molar-refractivity contribution in [2.24, 2.45) is 0 Å². The van der Waals surface area contributed by atoms with Gasteiger partial charge in [-0.15, -0.1) is 0 Å². The summed E-state index contributed by atoms with van der Waals surface area (Å²) in [4.78, 5) is 11.8. The van der Waals surface area contributed by atoms with Gasteiger partial charge in [-0.25, -0.2) is 9.97 Å². The third kappa shape index (κ3) is 1.42. The number of pyridine rings is 1. The van der Waals surface area contributed by atoms with Gasteiger partial charge in [0.2, 0.25) is 0 Å². The molecule has 0 aliphatic heterocycles. The number of hydrogen-bond acceptors (Lipinski definition) is 3. The summed E-state index contributed by atoms with van der Waals surface area (Å²) in [5.74, 6) is 0.784. The van der Waals surface area contributed by atoms with Crippen LogP contribution in [0.1, 0.15) is 5.69 Å². The number of hydrogen-bond donors (Lipinski definition) is 2. The zero-order valence-corrected chi connectivity index (χ0v) is 10.0. The number of nitrogens with one attached hydrogen (secondary N) is 2. The molecule has 3 aromatic rings. The highest BCUT2D eigenvalue weighted by atomic mass is 79.9. The van der Waals surface area contributed by atoms with Gasteiger partial charge in [0.15, 0.2) is 5.65 Å². The van der Waals surface area contributed by atoms with Crippen molar-refractivity contribution in [1.29, 1.82) is 0 Å². The lowest BCUT2D eigenvalue weighted by Gasteiger charge is -1.90. The highest BCUT2D eigenvalue weighted by Crippen LogP contribution is 2.22. The Balaban J connectivity index is 2.23. The average Bonchev–Trinajstić information content (AvgIpc) is 2.82. The molecule has 0 aliphatic carbocycles. The predicted octanol–water partition coefficient (Wildman–Crippen LogP) is 2.42. The van der Waals surface area contributed by atoms with Gasteiger partial charge in [0.25, 0.3) is 0 Å². The lowest BCUT2D eigenvalue weighted by molar-refractivity contribution is 1.05. The first-order chi connectivity index (χ1) is 7.74. The molecule has 0 amide bonds. The van der Waals surface area contributed by atoms with Gasteiger partial charge in [0, 0.05) is 16.4 Å². The van der Waals surface area contributed by atoms with Gasteiger partial charge >= 0.3 is 0 Å². The van der Waals surface area contributed by atoms with Crippen molar-refractivity contribution in [3.63, 3.8) is 0 Å². The lowest BCUT2D eigenvalue weighted by atomic mass is 10.2. The molecule has 0 saturated heterocycles. The maximum Gasteiger partial charge on any atom is 0.178 e. The van der Waals surface area contributed by atoms with Gasteiger partial charge in [-0.2, -0.15) is 5.10 Å². The van der Waals surface area contributed by atoms with Crippen LogP contribution in [0.5, 0.6) is 0 Å². The van der Waals surface area contributed by atoms with Gasteiger partial charge in [-0.3, -0.25) is 5.10 Å². The fraction of sp³-hybridized carbons (Fsp3) is 0.100. The van der Waals surface area contributed by atoms with Gasteiger partial charge in [-0.05, 0) is 28.9 Å². The van der Waals surface area contributed by atoms with Crippen LogP contribution in [0.3, 0.4) is 0 Å². The minimum absolute atomic E-state index is 0.707. The normalized spacial score (nSPS) is 11.1. The van der Waals surface area contributed by atoms with Crippen LogP contribution in [0.25, 0.3) is 22.6 Å². The zero-order valence-electron chi connectivity index (χ0n) is 8.45. The summed E-state index contributed by atoms with van der Waals surface area (Å²) in [5, 5.41) is 6.85. The van der Waals surface area contributed by atoms with Crippen molar-refractivity contribution >= 4 is 27.1 Å². The first kappa shape index (κ1) is 9.53. The predicted molar refractivity (Wildman–Crippen MR) is 63.9 cm³/mol. The third-order valence-electron chi connectivity index (χ3n) is 2.39. The Morgan fingerprint density at radius 1 is 1.31 bits per heavy atom. The monoisotopic (exact) mass is 277 g/mol. The molecule has 3 heterocycles. The molecule has 0 saturated carbocycles. The number of aromatic nitrogens is 5. The maximum absolute atomic E-state index is 4.41. The first-order valence-corrected chi connectivity index (χ1v) is 5.55. The molecule has 0 bridgehead atoms. The molecule has 3 rings (SSSR count).